The summed E-state index contributed by atoms with van der Waals surface area (Å²) in [6.45, 7) is 1.91. The fourth-order valence-electron chi connectivity index (χ4n) is 3.82. The highest BCUT2D eigenvalue weighted by molar-refractivity contribution is 6.03. The normalized spacial score (nSPS) is 15.8. The van der Waals surface area contributed by atoms with Crippen molar-refractivity contribution in [1.82, 2.24) is 14.9 Å². The SMILES string of the molecule is CCC1NC(=O)c2cc3ccccc3cc2-n2c1nc1cc(F)ccc1c2=O. The van der Waals surface area contributed by atoms with E-state index in [1.165, 1.54) is 22.8 Å². The average molecular weight is 373 g/mol. The predicted molar refractivity (Wildman–Crippen MR) is 105 cm³/mol. The van der Waals surface area contributed by atoms with Gasteiger partial charge in [-0.05, 0) is 41.5 Å². The van der Waals surface area contributed by atoms with Gasteiger partial charge in [-0.1, -0.05) is 31.2 Å². The second-order valence-electron chi connectivity index (χ2n) is 6.92. The summed E-state index contributed by atoms with van der Waals surface area (Å²) in [4.78, 5) is 30.9. The third-order valence-electron chi connectivity index (χ3n) is 5.23. The van der Waals surface area contributed by atoms with E-state index in [1.807, 2.05) is 37.3 Å². The lowest BCUT2D eigenvalue weighted by molar-refractivity contribution is 0.0937. The molecule has 1 amide bonds. The van der Waals surface area contributed by atoms with Crippen molar-refractivity contribution in [2.45, 2.75) is 19.4 Å². The molecule has 0 aliphatic carbocycles. The summed E-state index contributed by atoms with van der Waals surface area (Å²) in [6.07, 6.45) is 0.548. The maximum Gasteiger partial charge on any atom is 0.266 e. The summed E-state index contributed by atoms with van der Waals surface area (Å²) in [6, 6.07) is 14.8. The highest BCUT2D eigenvalue weighted by Gasteiger charge is 2.29. The van der Waals surface area contributed by atoms with Crippen LogP contribution in [0.2, 0.25) is 0 Å². The van der Waals surface area contributed by atoms with Crippen molar-refractivity contribution in [3.8, 4) is 5.69 Å². The second kappa shape index (κ2) is 5.99. The summed E-state index contributed by atoms with van der Waals surface area (Å²) in [5.41, 5.74) is 0.881. The molecule has 1 N–H and O–H groups in total. The standard InChI is InChI=1S/C22H16FN3O2/c1-2-17-20-24-18-11-14(23)7-8-15(18)22(28)26(20)19-10-13-6-4-3-5-12(13)9-16(19)21(27)25-17/h3-11,17H,2H2,1H3,(H,25,27). The van der Waals surface area contributed by atoms with E-state index < -0.39 is 11.9 Å². The molecule has 28 heavy (non-hydrogen) atoms. The van der Waals surface area contributed by atoms with E-state index in [0.717, 1.165) is 10.8 Å². The van der Waals surface area contributed by atoms with Crippen molar-refractivity contribution in [2.75, 3.05) is 0 Å². The van der Waals surface area contributed by atoms with E-state index >= 15 is 0 Å². The Balaban J connectivity index is 1.95. The fraction of sp³-hybridized carbons (Fsp3) is 0.136. The first-order valence-electron chi connectivity index (χ1n) is 9.13. The largest absolute Gasteiger partial charge is 0.342 e. The highest BCUT2D eigenvalue weighted by atomic mass is 19.1. The number of carbonyl (C=O) groups is 1. The number of hydrogen-bond acceptors (Lipinski definition) is 3. The Labute approximate surface area is 159 Å². The van der Waals surface area contributed by atoms with Gasteiger partial charge in [-0.15, -0.1) is 0 Å². The lowest BCUT2D eigenvalue weighted by atomic mass is 10.0. The molecule has 1 aliphatic heterocycles. The Kier molecular flexibility index (Phi) is 3.55. The summed E-state index contributed by atoms with van der Waals surface area (Å²) < 4.78 is 15.2. The Bertz CT molecular complexity index is 1340. The van der Waals surface area contributed by atoms with E-state index in [9.17, 15) is 14.0 Å². The first-order valence-corrected chi connectivity index (χ1v) is 9.13. The maximum absolute atomic E-state index is 13.7. The number of halogens is 1. The maximum atomic E-state index is 13.7. The average Bonchev–Trinajstić information content (AvgIpc) is 2.81. The molecule has 6 heteroatoms. The van der Waals surface area contributed by atoms with Crippen LogP contribution in [0, 0.1) is 5.82 Å². The van der Waals surface area contributed by atoms with Crippen LogP contribution in [0.4, 0.5) is 4.39 Å². The Hall–Kier alpha value is -3.54. The molecular formula is C22H16FN3O2. The van der Waals surface area contributed by atoms with Crippen molar-refractivity contribution in [3.63, 3.8) is 0 Å². The van der Waals surface area contributed by atoms with Crippen LogP contribution in [0.25, 0.3) is 27.4 Å². The fourth-order valence-corrected chi connectivity index (χ4v) is 3.82. The zero-order valence-corrected chi connectivity index (χ0v) is 15.1. The van der Waals surface area contributed by atoms with Crippen LogP contribution >= 0.6 is 0 Å². The third kappa shape index (κ3) is 2.34. The van der Waals surface area contributed by atoms with Gasteiger partial charge < -0.3 is 5.32 Å². The number of benzene rings is 3. The Morgan fingerprint density at radius 2 is 1.82 bits per heavy atom. The topological polar surface area (TPSA) is 64.0 Å². The van der Waals surface area contributed by atoms with Crippen molar-refractivity contribution in [3.05, 3.63) is 82.2 Å². The molecule has 1 aromatic heterocycles. The van der Waals surface area contributed by atoms with Gasteiger partial charge in [-0.25, -0.2) is 9.37 Å². The minimum Gasteiger partial charge on any atom is -0.342 e. The molecule has 1 aliphatic rings. The highest BCUT2D eigenvalue weighted by Crippen LogP contribution is 2.29. The number of nitrogens with zero attached hydrogens (tertiary/aromatic N) is 2. The van der Waals surface area contributed by atoms with Gasteiger partial charge in [-0.2, -0.15) is 0 Å². The van der Waals surface area contributed by atoms with Crippen LogP contribution in [0.5, 0.6) is 0 Å². The van der Waals surface area contributed by atoms with Crippen LogP contribution in [0.15, 0.2) is 59.4 Å². The van der Waals surface area contributed by atoms with Crippen LogP contribution in [0.3, 0.4) is 0 Å². The smallest absolute Gasteiger partial charge is 0.266 e. The number of aromatic nitrogens is 2. The molecule has 0 spiro atoms. The van der Waals surface area contributed by atoms with Gasteiger partial charge in [0.05, 0.1) is 28.2 Å². The third-order valence-corrected chi connectivity index (χ3v) is 5.23. The molecule has 138 valence electrons. The monoisotopic (exact) mass is 373 g/mol. The molecule has 5 rings (SSSR count). The van der Waals surface area contributed by atoms with E-state index in [-0.39, 0.29) is 17.0 Å². The molecule has 4 aromatic rings. The molecule has 0 saturated carbocycles. The van der Waals surface area contributed by atoms with E-state index in [2.05, 4.69) is 10.3 Å². The van der Waals surface area contributed by atoms with Crippen molar-refractivity contribution >= 4 is 27.6 Å². The zero-order valence-electron chi connectivity index (χ0n) is 15.1. The first kappa shape index (κ1) is 16.6. The van der Waals surface area contributed by atoms with Gasteiger partial charge in [0, 0.05) is 6.07 Å². The van der Waals surface area contributed by atoms with Crippen LogP contribution in [-0.2, 0) is 0 Å². The molecule has 0 radical (unpaired) electrons. The Morgan fingerprint density at radius 3 is 2.57 bits per heavy atom. The van der Waals surface area contributed by atoms with Gasteiger partial charge in [0.2, 0.25) is 0 Å². The minimum absolute atomic E-state index is 0.257. The summed E-state index contributed by atoms with van der Waals surface area (Å²) >= 11 is 0. The van der Waals surface area contributed by atoms with Crippen LogP contribution in [0.1, 0.15) is 35.6 Å². The zero-order chi connectivity index (χ0) is 19.4. The second-order valence-corrected chi connectivity index (χ2v) is 6.92. The molecule has 1 atom stereocenters. The molecular weight excluding hydrogens is 357 g/mol. The quantitative estimate of drug-likeness (QED) is 0.551. The van der Waals surface area contributed by atoms with E-state index in [4.69, 9.17) is 0 Å². The summed E-state index contributed by atoms with van der Waals surface area (Å²) in [7, 11) is 0. The summed E-state index contributed by atoms with van der Waals surface area (Å²) in [5.74, 6) is -0.304. The predicted octanol–water partition coefficient (Wildman–Crippen LogP) is 3.87. The minimum atomic E-state index is -0.457. The molecule has 2 heterocycles. The molecule has 1 unspecified atom stereocenters. The molecule has 0 fully saturated rings. The van der Waals surface area contributed by atoms with Gasteiger partial charge in [0.1, 0.15) is 11.6 Å². The van der Waals surface area contributed by atoms with Crippen molar-refractivity contribution in [1.29, 1.82) is 0 Å². The number of hydrogen-bond donors (Lipinski definition) is 1. The van der Waals surface area contributed by atoms with E-state index in [1.54, 1.807) is 6.07 Å². The van der Waals surface area contributed by atoms with E-state index in [0.29, 0.717) is 28.9 Å². The van der Waals surface area contributed by atoms with Crippen LogP contribution < -0.4 is 10.9 Å². The Morgan fingerprint density at radius 1 is 1.07 bits per heavy atom. The molecule has 3 aromatic carbocycles. The number of carbonyl (C=O) groups excluding carboxylic acids is 1. The van der Waals surface area contributed by atoms with Crippen molar-refractivity contribution in [2.24, 2.45) is 0 Å². The first-order chi connectivity index (χ1) is 13.6. The van der Waals surface area contributed by atoms with Crippen molar-refractivity contribution < 1.29 is 9.18 Å². The molecule has 5 nitrogen and oxygen atoms in total. The number of rotatable bonds is 1. The van der Waals surface area contributed by atoms with Gasteiger partial charge in [0.25, 0.3) is 11.5 Å². The lowest BCUT2D eigenvalue weighted by Crippen LogP contribution is -2.30. The van der Waals surface area contributed by atoms with Gasteiger partial charge >= 0.3 is 0 Å². The lowest BCUT2D eigenvalue weighted by Gasteiger charge is -2.17. The summed E-state index contributed by atoms with van der Waals surface area (Å²) in [5, 5.41) is 5.10. The number of nitrogens with one attached hydrogen (secondary N) is 1. The number of fused-ring (bicyclic) bond motifs is 5. The van der Waals surface area contributed by atoms with Crippen LogP contribution in [-0.4, -0.2) is 15.5 Å². The number of amides is 1. The molecule has 0 saturated heterocycles. The molecule has 0 bridgehead atoms. The van der Waals surface area contributed by atoms with Gasteiger partial charge in [0.15, 0.2) is 0 Å². The van der Waals surface area contributed by atoms with Gasteiger partial charge in [-0.3, -0.25) is 14.2 Å².